The number of nitrogens with one attached hydrogen (secondary N) is 1. The lowest BCUT2D eigenvalue weighted by molar-refractivity contribution is -0.140. The SMILES string of the molecule is O=C(NCCC1CCC1)c1cccc(C(F)(F)F)c1F. The Kier molecular flexibility index (Phi) is 4.30. The second-order valence-corrected chi connectivity index (χ2v) is 5.01. The zero-order valence-electron chi connectivity index (χ0n) is 10.8. The summed E-state index contributed by atoms with van der Waals surface area (Å²) in [5.41, 5.74) is -1.97. The third-order valence-corrected chi connectivity index (χ3v) is 3.61. The maximum Gasteiger partial charge on any atom is 0.419 e. The molecule has 1 aliphatic carbocycles. The molecule has 0 atom stereocenters. The van der Waals surface area contributed by atoms with Crippen LogP contribution in [0.3, 0.4) is 0 Å². The summed E-state index contributed by atoms with van der Waals surface area (Å²) in [6.45, 7) is 0.360. The van der Waals surface area contributed by atoms with E-state index in [1.807, 2.05) is 0 Å². The molecule has 1 amide bonds. The van der Waals surface area contributed by atoms with E-state index in [1.54, 1.807) is 0 Å². The van der Waals surface area contributed by atoms with E-state index in [-0.39, 0.29) is 0 Å². The number of hydrogen-bond acceptors (Lipinski definition) is 1. The largest absolute Gasteiger partial charge is 0.419 e. The number of benzene rings is 1. The third kappa shape index (κ3) is 3.29. The molecule has 0 saturated heterocycles. The van der Waals surface area contributed by atoms with Gasteiger partial charge in [0.2, 0.25) is 0 Å². The zero-order valence-corrected chi connectivity index (χ0v) is 10.8. The van der Waals surface area contributed by atoms with Crippen molar-refractivity contribution in [3.8, 4) is 0 Å². The molecule has 6 heteroatoms. The predicted octanol–water partition coefficient (Wildman–Crippen LogP) is 3.76. The van der Waals surface area contributed by atoms with Crippen LogP contribution in [0.25, 0.3) is 0 Å². The number of hydrogen-bond donors (Lipinski definition) is 1. The summed E-state index contributed by atoms with van der Waals surface area (Å²) in [7, 11) is 0. The lowest BCUT2D eigenvalue weighted by Gasteiger charge is -2.25. The molecular weight excluding hydrogens is 274 g/mol. The van der Waals surface area contributed by atoms with E-state index < -0.39 is 29.0 Å². The average molecular weight is 289 g/mol. The van der Waals surface area contributed by atoms with Crippen molar-refractivity contribution >= 4 is 5.91 Å². The minimum atomic E-state index is -4.80. The predicted molar refractivity (Wildman–Crippen MR) is 65.7 cm³/mol. The Morgan fingerprint density at radius 1 is 1.30 bits per heavy atom. The van der Waals surface area contributed by atoms with Gasteiger partial charge >= 0.3 is 6.18 Å². The van der Waals surface area contributed by atoms with Gasteiger partial charge in [0.25, 0.3) is 5.91 Å². The molecule has 110 valence electrons. The fourth-order valence-corrected chi connectivity index (χ4v) is 2.19. The molecule has 2 nitrogen and oxygen atoms in total. The van der Waals surface area contributed by atoms with Gasteiger partial charge in [-0.2, -0.15) is 13.2 Å². The molecule has 0 spiro atoms. The molecule has 0 aliphatic heterocycles. The zero-order chi connectivity index (χ0) is 14.8. The molecule has 1 fully saturated rings. The molecule has 2 rings (SSSR count). The summed E-state index contributed by atoms with van der Waals surface area (Å²) >= 11 is 0. The van der Waals surface area contributed by atoms with E-state index >= 15 is 0 Å². The number of halogens is 4. The highest BCUT2D eigenvalue weighted by molar-refractivity contribution is 5.94. The van der Waals surface area contributed by atoms with Crippen LogP contribution < -0.4 is 5.32 Å². The number of carbonyl (C=O) groups is 1. The van der Waals surface area contributed by atoms with Gasteiger partial charge in [0.05, 0.1) is 11.1 Å². The first-order valence-corrected chi connectivity index (χ1v) is 6.53. The second kappa shape index (κ2) is 5.81. The minimum absolute atomic E-state index is 0.360. The lowest BCUT2D eigenvalue weighted by atomic mass is 9.83. The average Bonchev–Trinajstić information content (AvgIpc) is 2.30. The van der Waals surface area contributed by atoms with Crippen LogP contribution >= 0.6 is 0 Å². The summed E-state index contributed by atoms with van der Waals surface area (Å²) in [4.78, 5) is 11.7. The van der Waals surface area contributed by atoms with Crippen LogP contribution in [0.2, 0.25) is 0 Å². The highest BCUT2D eigenvalue weighted by Gasteiger charge is 2.35. The Morgan fingerprint density at radius 3 is 2.55 bits per heavy atom. The van der Waals surface area contributed by atoms with E-state index in [9.17, 15) is 22.4 Å². The van der Waals surface area contributed by atoms with Crippen molar-refractivity contribution in [2.75, 3.05) is 6.54 Å². The van der Waals surface area contributed by atoms with Crippen molar-refractivity contribution in [1.29, 1.82) is 0 Å². The molecule has 1 aliphatic rings. The normalized spacial score (nSPS) is 15.8. The summed E-state index contributed by atoms with van der Waals surface area (Å²) in [6.07, 6.45) is -0.596. The van der Waals surface area contributed by atoms with Gasteiger partial charge < -0.3 is 5.32 Å². The van der Waals surface area contributed by atoms with Gasteiger partial charge in [-0.3, -0.25) is 4.79 Å². The van der Waals surface area contributed by atoms with Crippen LogP contribution in [-0.4, -0.2) is 12.5 Å². The summed E-state index contributed by atoms with van der Waals surface area (Å²) in [6, 6.07) is 2.72. The van der Waals surface area contributed by atoms with Crippen LogP contribution in [0, 0.1) is 11.7 Å². The highest BCUT2D eigenvalue weighted by atomic mass is 19.4. The van der Waals surface area contributed by atoms with Crippen molar-refractivity contribution in [3.05, 3.63) is 35.1 Å². The topological polar surface area (TPSA) is 29.1 Å². The van der Waals surface area contributed by atoms with Gasteiger partial charge in [0, 0.05) is 6.54 Å². The van der Waals surface area contributed by atoms with Crippen molar-refractivity contribution in [1.82, 2.24) is 5.32 Å². The summed E-state index contributed by atoms with van der Waals surface area (Å²) < 4.78 is 51.3. The Labute approximate surface area is 114 Å². The molecule has 0 unspecified atom stereocenters. The van der Waals surface area contributed by atoms with Crippen molar-refractivity contribution in [3.63, 3.8) is 0 Å². The summed E-state index contributed by atoms with van der Waals surface area (Å²) in [5, 5.41) is 2.47. The van der Waals surface area contributed by atoms with Crippen LogP contribution in [-0.2, 0) is 6.18 Å². The van der Waals surface area contributed by atoms with Gasteiger partial charge in [-0.25, -0.2) is 4.39 Å². The number of carbonyl (C=O) groups excluding carboxylic acids is 1. The van der Waals surface area contributed by atoms with Crippen molar-refractivity contribution in [2.24, 2.45) is 5.92 Å². The lowest BCUT2D eigenvalue weighted by Crippen LogP contribution is -2.28. The first-order valence-electron chi connectivity index (χ1n) is 6.53. The molecule has 1 aromatic carbocycles. The van der Waals surface area contributed by atoms with E-state index in [0.29, 0.717) is 18.5 Å². The molecular formula is C14H15F4NO. The molecule has 0 aromatic heterocycles. The number of alkyl halides is 3. The van der Waals surface area contributed by atoms with Gasteiger partial charge in [0.15, 0.2) is 0 Å². The maximum absolute atomic E-state index is 13.7. The van der Waals surface area contributed by atoms with Crippen molar-refractivity contribution < 1.29 is 22.4 Å². The molecule has 1 saturated carbocycles. The highest BCUT2D eigenvalue weighted by Crippen LogP contribution is 2.32. The molecule has 1 aromatic rings. The van der Waals surface area contributed by atoms with Crippen LogP contribution in [0.4, 0.5) is 17.6 Å². The molecule has 0 bridgehead atoms. The number of amides is 1. The quantitative estimate of drug-likeness (QED) is 0.840. The van der Waals surface area contributed by atoms with E-state index in [4.69, 9.17) is 0 Å². The third-order valence-electron chi connectivity index (χ3n) is 3.61. The monoisotopic (exact) mass is 289 g/mol. The Hall–Kier alpha value is -1.59. The van der Waals surface area contributed by atoms with Gasteiger partial charge in [0.1, 0.15) is 5.82 Å². The van der Waals surface area contributed by atoms with E-state index in [2.05, 4.69) is 5.32 Å². The first kappa shape index (κ1) is 14.8. The second-order valence-electron chi connectivity index (χ2n) is 5.01. The Morgan fingerprint density at radius 2 is 2.00 bits per heavy atom. The van der Waals surface area contributed by atoms with Crippen LogP contribution in [0.1, 0.15) is 41.6 Å². The molecule has 20 heavy (non-hydrogen) atoms. The first-order chi connectivity index (χ1) is 9.39. The summed E-state index contributed by atoms with van der Waals surface area (Å²) in [5.74, 6) is -1.74. The van der Waals surface area contributed by atoms with E-state index in [1.165, 1.54) is 6.42 Å². The van der Waals surface area contributed by atoms with Gasteiger partial charge in [-0.1, -0.05) is 25.3 Å². The fourth-order valence-electron chi connectivity index (χ4n) is 2.19. The molecule has 0 heterocycles. The standard InChI is InChI=1S/C14H15F4NO/c15-12-10(5-2-6-11(12)14(16,17)18)13(20)19-8-7-9-3-1-4-9/h2,5-6,9H,1,3-4,7-8H2,(H,19,20). The molecule has 0 radical (unpaired) electrons. The van der Waals surface area contributed by atoms with Crippen molar-refractivity contribution in [2.45, 2.75) is 31.9 Å². The maximum atomic E-state index is 13.7. The Balaban J connectivity index is 2.01. The van der Waals surface area contributed by atoms with Crippen LogP contribution in [0.5, 0.6) is 0 Å². The Bertz CT molecular complexity index is 494. The van der Waals surface area contributed by atoms with Crippen LogP contribution in [0.15, 0.2) is 18.2 Å². The smallest absolute Gasteiger partial charge is 0.352 e. The molecule has 1 N–H and O–H groups in total. The van der Waals surface area contributed by atoms with Gasteiger partial charge in [-0.05, 0) is 24.5 Å². The minimum Gasteiger partial charge on any atom is -0.352 e. The van der Waals surface area contributed by atoms with E-state index in [0.717, 1.165) is 31.4 Å². The number of rotatable bonds is 4. The fraction of sp³-hybridized carbons (Fsp3) is 0.500. The van der Waals surface area contributed by atoms with Gasteiger partial charge in [-0.15, -0.1) is 0 Å².